The predicted octanol–water partition coefficient (Wildman–Crippen LogP) is 2.92. The van der Waals surface area contributed by atoms with E-state index in [1.807, 2.05) is 23.8 Å². The molecule has 2 aromatic rings. The largest absolute Gasteiger partial charge is 0.477 e. The number of pyridine rings is 1. The quantitative estimate of drug-likeness (QED) is 0.648. The third-order valence-corrected chi connectivity index (χ3v) is 3.42. The molecule has 2 rings (SSSR count). The van der Waals surface area contributed by atoms with Crippen molar-refractivity contribution in [3.63, 3.8) is 0 Å². The Morgan fingerprint density at radius 1 is 1.60 bits per heavy atom. The Morgan fingerprint density at radius 2 is 2.35 bits per heavy atom. The molecule has 1 unspecified atom stereocenters. The number of nitrogens with one attached hydrogen (secondary N) is 1. The highest BCUT2D eigenvalue weighted by atomic mass is 32.1. The number of rotatable bonds is 5. The highest BCUT2D eigenvalue weighted by molar-refractivity contribution is 7.07. The van der Waals surface area contributed by atoms with Crippen molar-refractivity contribution in [1.82, 2.24) is 4.98 Å². The maximum atomic E-state index is 11.0. The van der Waals surface area contributed by atoms with Crippen LogP contribution < -0.4 is 5.32 Å². The lowest BCUT2D eigenvalue weighted by molar-refractivity contribution is -0.385. The molecule has 0 aliphatic carbocycles. The normalized spacial score (nSPS) is 11.8. The summed E-state index contributed by atoms with van der Waals surface area (Å²) in [6.45, 7) is 1.89. The van der Waals surface area contributed by atoms with Crippen LogP contribution in [0.4, 0.5) is 11.5 Å². The molecule has 2 heterocycles. The van der Waals surface area contributed by atoms with Crippen LogP contribution in [0.15, 0.2) is 29.1 Å². The standard InChI is InChI=1S/C12H11N3O4S/c1-7(8-2-3-20-6-8)14-11-4-9(12(16)17)10(5-13-11)15(18)19/h2-7H,1H3,(H,13,14)(H,16,17). The second-order valence-electron chi connectivity index (χ2n) is 4.07. The van der Waals surface area contributed by atoms with Gasteiger partial charge in [-0.15, -0.1) is 0 Å². The molecule has 0 aliphatic heterocycles. The minimum absolute atomic E-state index is 0.0724. The van der Waals surface area contributed by atoms with Gasteiger partial charge in [-0.3, -0.25) is 10.1 Å². The van der Waals surface area contributed by atoms with Crippen LogP contribution in [0.5, 0.6) is 0 Å². The van der Waals surface area contributed by atoms with Crippen LogP contribution in [0.1, 0.15) is 28.9 Å². The molecule has 0 aliphatic rings. The first-order valence-electron chi connectivity index (χ1n) is 5.65. The SMILES string of the molecule is CC(Nc1cc(C(=O)O)c([N+](=O)[O-])cn1)c1ccsc1. The lowest BCUT2D eigenvalue weighted by Gasteiger charge is -2.13. The van der Waals surface area contributed by atoms with Gasteiger partial charge < -0.3 is 10.4 Å². The fourth-order valence-electron chi connectivity index (χ4n) is 1.67. The van der Waals surface area contributed by atoms with Crippen LogP contribution in [0.25, 0.3) is 0 Å². The number of carbonyl (C=O) groups is 1. The molecule has 7 nitrogen and oxygen atoms in total. The van der Waals surface area contributed by atoms with E-state index in [1.165, 1.54) is 6.07 Å². The Kier molecular flexibility index (Phi) is 3.94. The molecule has 0 saturated carbocycles. The zero-order chi connectivity index (χ0) is 14.7. The Labute approximate surface area is 118 Å². The van der Waals surface area contributed by atoms with Gasteiger partial charge in [-0.05, 0) is 29.3 Å². The number of thiophene rings is 1. The molecular formula is C12H11N3O4S. The van der Waals surface area contributed by atoms with Gasteiger partial charge in [0.1, 0.15) is 17.6 Å². The third kappa shape index (κ3) is 2.91. The predicted molar refractivity (Wildman–Crippen MR) is 74.2 cm³/mol. The summed E-state index contributed by atoms with van der Waals surface area (Å²) in [5.74, 6) is -1.07. The monoisotopic (exact) mass is 293 g/mol. The number of carboxylic acids is 1. The summed E-state index contributed by atoms with van der Waals surface area (Å²) in [4.78, 5) is 24.9. The van der Waals surface area contributed by atoms with E-state index in [0.717, 1.165) is 11.8 Å². The molecule has 0 amide bonds. The summed E-state index contributed by atoms with van der Waals surface area (Å²) < 4.78 is 0. The topological polar surface area (TPSA) is 105 Å². The lowest BCUT2D eigenvalue weighted by atomic mass is 10.1. The van der Waals surface area contributed by atoms with Crippen molar-refractivity contribution in [1.29, 1.82) is 0 Å². The van der Waals surface area contributed by atoms with E-state index in [0.29, 0.717) is 0 Å². The van der Waals surface area contributed by atoms with Crippen molar-refractivity contribution in [3.05, 3.63) is 50.3 Å². The van der Waals surface area contributed by atoms with Gasteiger partial charge >= 0.3 is 11.7 Å². The summed E-state index contributed by atoms with van der Waals surface area (Å²) >= 11 is 1.55. The highest BCUT2D eigenvalue weighted by Gasteiger charge is 2.21. The lowest BCUT2D eigenvalue weighted by Crippen LogP contribution is -2.10. The smallest absolute Gasteiger partial charge is 0.342 e. The first-order valence-corrected chi connectivity index (χ1v) is 6.59. The maximum Gasteiger partial charge on any atom is 0.342 e. The van der Waals surface area contributed by atoms with Crippen LogP contribution in [0.3, 0.4) is 0 Å². The van der Waals surface area contributed by atoms with Crippen LogP contribution in [0.2, 0.25) is 0 Å². The van der Waals surface area contributed by atoms with Gasteiger partial charge in [0, 0.05) is 6.07 Å². The van der Waals surface area contributed by atoms with Crippen molar-refractivity contribution in [2.75, 3.05) is 5.32 Å². The van der Waals surface area contributed by atoms with Gasteiger partial charge in [0.05, 0.1) is 11.0 Å². The summed E-state index contributed by atoms with van der Waals surface area (Å²) in [5.41, 5.74) is 0.128. The summed E-state index contributed by atoms with van der Waals surface area (Å²) in [7, 11) is 0. The Morgan fingerprint density at radius 3 is 2.90 bits per heavy atom. The number of nitro groups is 1. The Hall–Kier alpha value is -2.48. The zero-order valence-corrected chi connectivity index (χ0v) is 11.3. The number of anilines is 1. The molecule has 8 heteroatoms. The molecule has 0 saturated heterocycles. The second-order valence-corrected chi connectivity index (χ2v) is 4.85. The molecule has 0 radical (unpaired) electrons. The van der Waals surface area contributed by atoms with Gasteiger partial charge in [-0.1, -0.05) is 0 Å². The van der Waals surface area contributed by atoms with Gasteiger partial charge in [0.25, 0.3) is 0 Å². The molecule has 2 N–H and O–H groups in total. The van der Waals surface area contributed by atoms with Gasteiger partial charge in [-0.2, -0.15) is 11.3 Å². The van der Waals surface area contributed by atoms with Gasteiger partial charge in [0.2, 0.25) is 0 Å². The van der Waals surface area contributed by atoms with Crippen molar-refractivity contribution < 1.29 is 14.8 Å². The van der Waals surface area contributed by atoms with Crippen LogP contribution in [-0.2, 0) is 0 Å². The molecule has 0 bridgehead atoms. The molecular weight excluding hydrogens is 282 g/mol. The average molecular weight is 293 g/mol. The van der Waals surface area contributed by atoms with E-state index in [2.05, 4.69) is 10.3 Å². The number of aromatic carboxylic acids is 1. The number of hydrogen-bond acceptors (Lipinski definition) is 6. The van der Waals surface area contributed by atoms with Crippen LogP contribution in [0, 0.1) is 10.1 Å². The molecule has 0 spiro atoms. The average Bonchev–Trinajstić information content (AvgIpc) is 2.92. The first kappa shape index (κ1) is 13.9. The Balaban J connectivity index is 2.27. The highest BCUT2D eigenvalue weighted by Crippen LogP contribution is 2.24. The molecule has 1 atom stereocenters. The summed E-state index contributed by atoms with van der Waals surface area (Å²) in [6, 6.07) is 3.03. The molecule has 2 aromatic heterocycles. The molecule has 104 valence electrons. The second kappa shape index (κ2) is 5.66. The fraction of sp³-hybridized carbons (Fsp3) is 0.167. The van der Waals surface area contributed by atoms with E-state index in [-0.39, 0.29) is 17.4 Å². The number of carboxylic acid groups (broad SMARTS) is 1. The minimum Gasteiger partial charge on any atom is -0.477 e. The Bertz CT molecular complexity index is 642. The van der Waals surface area contributed by atoms with E-state index < -0.39 is 16.6 Å². The molecule has 20 heavy (non-hydrogen) atoms. The van der Waals surface area contributed by atoms with E-state index in [9.17, 15) is 14.9 Å². The number of nitrogens with zero attached hydrogens (tertiary/aromatic N) is 2. The van der Waals surface area contributed by atoms with E-state index in [4.69, 9.17) is 5.11 Å². The maximum absolute atomic E-state index is 11.0. The summed E-state index contributed by atoms with van der Waals surface area (Å²) in [5, 5.41) is 26.6. The zero-order valence-electron chi connectivity index (χ0n) is 10.4. The van der Waals surface area contributed by atoms with Crippen molar-refractivity contribution in [3.8, 4) is 0 Å². The third-order valence-electron chi connectivity index (χ3n) is 2.72. The molecule has 0 aromatic carbocycles. The van der Waals surface area contributed by atoms with Crippen LogP contribution in [-0.4, -0.2) is 21.0 Å². The summed E-state index contributed by atoms with van der Waals surface area (Å²) in [6.07, 6.45) is 0.951. The number of aromatic nitrogens is 1. The minimum atomic E-state index is -1.36. The fourth-order valence-corrected chi connectivity index (χ4v) is 2.42. The van der Waals surface area contributed by atoms with Gasteiger partial charge in [0.15, 0.2) is 0 Å². The van der Waals surface area contributed by atoms with Crippen molar-refractivity contribution >= 4 is 28.8 Å². The van der Waals surface area contributed by atoms with Gasteiger partial charge in [-0.25, -0.2) is 9.78 Å². The van der Waals surface area contributed by atoms with Crippen molar-refractivity contribution in [2.45, 2.75) is 13.0 Å². The first-order chi connectivity index (χ1) is 9.49. The van der Waals surface area contributed by atoms with Crippen LogP contribution >= 0.6 is 11.3 Å². The number of hydrogen-bond donors (Lipinski definition) is 2. The van der Waals surface area contributed by atoms with E-state index >= 15 is 0 Å². The van der Waals surface area contributed by atoms with E-state index in [1.54, 1.807) is 11.3 Å². The molecule has 0 fully saturated rings. The van der Waals surface area contributed by atoms with Crippen molar-refractivity contribution in [2.24, 2.45) is 0 Å².